The topological polar surface area (TPSA) is 0 Å². The summed E-state index contributed by atoms with van der Waals surface area (Å²) in [6, 6.07) is 8.48. The van der Waals surface area contributed by atoms with Gasteiger partial charge in [-0.3, -0.25) is 0 Å². The molecule has 0 heterocycles. The average Bonchev–Trinajstić information content (AvgIpc) is 3.25. The van der Waals surface area contributed by atoms with Gasteiger partial charge in [-0.2, -0.15) is 0 Å². The molecule has 0 heteroatoms. The lowest BCUT2D eigenvalue weighted by Gasteiger charge is -2.21. The number of aryl methyl sites for hydroxylation is 2. The maximum atomic E-state index is 4.33. The van der Waals surface area contributed by atoms with E-state index in [4.69, 9.17) is 0 Å². The Morgan fingerprint density at radius 3 is 1.44 bits per heavy atom. The van der Waals surface area contributed by atoms with E-state index in [1.807, 2.05) is 6.92 Å². The maximum Gasteiger partial charge on any atom is -0.0162 e. The fraction of sp³-hybridized carbons (Fsp3) is 0.561. The first kappa shape index (κ1) is 38.7. The SMILES string of the molecule is C=C(/C=C\C(=C/C)C(C)C(C)C)C(=C)C1CCCCCC1.C=C(C)C1CCCCC1.C=CC.Cc1ccc(C)cc1. The number of benzene rings is 1. The second-order valence-corrected chi connectivity index (χ2v) is 12.6. The van der Waals surface area contributed by atoms with Gasteiger partial charge >= 0.3 is 0 Å². The van der Waals surface area contributed by atoms with Crippen LogP contribution in [0.2, 0.25) is 0 Å². The summed E-state index contributed by atoms with van der Waals surface area (Å²) in [7, 11) is 0. The van der Waals surface area contributed by atoms with E-state index >= 15 is 0 Å². The zero-order chi connectivity index (χ0) is 31.2. The fourth-order valence-electron chi connectivity index (χ4n) is 5.32. The summed E-state index contributed by atoms with van der Waals surface area (Å²) in [5, 5.41) is 0. The molecule has 0 amide bonds. The van der Waals surface area contributed by atoms with Crippen molar-refractivity contribution in [2.75, 3.05) is 0 Å². The van der Waals surface area contributed by atoms with Gasteiger partial charge in [-0.1, -0.05) is 151 Å². The summed E-state index contributed by atoms with van der Waals surface area (Å²) in [6.45, 7) is 33.2. The van der Waals surface area contributed by atoms with Gasteiger partial charge < -0.3 is 0 Å². The first-order valence-electron chi connectivity index (χ1n) is 16.5. The highest BCUT2D eigenvalue weighted by Gasteiger charge is 2.16. The van der Waals surface area contributed by atoms with Gasteiger partial charge in [-0.05, 0) is 101 Å². The highest BCUT2D eigenvalue weighted by atomic mass is 14.2. The quantitative estimate of drug-likeness (QED) is 0.177. The van der Waals surface area contributed by atoms with Crippen LogP contribution in [-0.2, 0) is 0 Å². The predicted molar refractivity (Wildman–Crippen MR) is 190 cm³/mol. The van der Waals surface area contributed by atoms with Crippen LogP contribution in [0.4, 0.5) is 0 Å². The van der Waals surface area contributed by atoms with Crippen LogP contribution in [-0.4, -0.2) is 0 Å². The van der Waals surface area contributed by atoms with Crippen molar-refractivity contribution in [3.63, 3.8) is 0 Å². The second-order valence-electron chi connectivity index (χ2n) is 12.6. The van der Waals surface area contributed by atoms with E-state index in [1.165, 1.54) is 98.5 Å². The van der Waals surface area contributed by atoms with Gasteiger partial charge in [0.15, 0.2) is 0 Å². The van der Waals surface area contributed by atoms with Crippen molar-refractivity contribution in [3.05, 3.63) is 108 Å². The van der Waals surface area contributed by atoms with E-state index in [0.29, 0.717) is 17.8 Å². The second kappa shape index (κ2) is 23.2. The van der Waals surface area contributed by atoms with Crippen molar-refractivity contribution in [1.82, 2.24) is 0 Å². The van der Waals surface area contributed by atoms with Crippen LogP contribution in [0, 0.1) is 37.5 Å². The molecule has 0 spiro atoms. The highest BCUT2D eigenvalue weighted by molar-refractivity contribution is 5.40. The van der Waals surface area contributed by atoms with Crippen LogP contribution in [0.3, 0.4) is 0 Å². The van der Waals surface area contributed by atoms with Gasteiger partial charge in [-0.25, -0.2) is 0 Å². The summed E-state index contributed by atoms with van der Waals surface area (Å²) in [5.41, 5.74) is 7.85. The Morgan fingerprint density at radius 2 is 1.10 bits per heavy atom. The van der Waals surface area contributed by atoms with Crippen molar-refractivity contribution in [2.45, 2.75) is 126 Å². The van der Waals surface area contributed by atoms with Gasteiger partial charge in [0.25, 0.3) is 0 Å². The molecule has 2 aliphatic carbocycles. The Bertz CT molecular complexity index is 898. The molecule has 2 aliphatic rings. The minimum atomic E-state index is 0.588. The third kappa shape index (κ3) is 17.9. The van der Waals surface area contributed by atoms with Crippen molar-refractivity contribution in [3.8, 4) is 0 Å². The largest absolute Gasteiger partial charge is 0.103 e. The summed E-state index contributed by atoms with van der Waals surface area (Å²) in [4.78, 5) is 0. The highest BCUT2D eigenvalue weighted by Crippen LogP contribution is 2.32. The van der Waals surface area contributed by atoms with Crippen molar-refractivity contribution in [2.24, 2.45) is 23.7 Å². The van der Waals surface area contributed by atoms with Gasteiger partial charge in [0.1, 0.15) is 0 Å². The van der Waals surface area contributed by atoms with Crippen LogP contribution in [0.15, 0.2) is 97.2 Å². The van der Waals surface area contributed by atoms with E-state index in [2.05, 4.69) is 117 Å². The standard InChI is InChI=1S/C21H34.C9H16.C8H10.C3H6/c1-7-20(18(5)16(2)3)15-14-17(4)19(6)21-12-10-8-9-11-13-21;1-8(2)9-6-4-3-5-7-9;1-7-3-5-8(2)6-4-7;1-3-2/h7,14-16,18,21H,4,6,8-13H2,1-3,5H3;9H,1,3-7H2,2H3;3-6H,1-2H3;3H,1H2,2H3/b15-14-,20-7+;;;. The summed E-state index contributed by atoms with van der Waals surface area (Å²) in [6.07, 6.45) is 23.6. The molecule has 0 saturated heterocycles. The molecule has 0 N–H and O–H groups in total. The van der Waals surface area contributed by atoms with Crippen molar-refractivity contribution >= 4 is 0 Å². The number of allylic oxidation sites excluding steroid dienone is 8. The molecule has 1 atom stereocenters. The van der Waals surface area contributed by atoms with Gasteiger partial charge in [0, 0.05) is 0 Å². The van der Waals surface area contributed by atoms with Crippen LogP contribution >= 0.6 is 0 Å². The molecule has 0 radical (unpaired) electrons. The monoisotopic (exact) mass is 559 g/mol. The molecule has 2 saturated carbocycles. The minimum absolute atomic E-state index is 0.588. The van der Waals surface area contributed by atoms with Gasteiger partial charge in [-0.15, -0.1) is 6.58 Å². The Labute approximate surface area is 257 Å². The first-order chi connectivity index (χ1) is 19.5. The number of hydrogen-bond donors (Lipinski definition) is 0. The molecular formula is C41H66. The summed E-state index contributed by atoms with van der Waals surface area (Å²) < 4.78 is 0. The van der Waals surface area contributed by atoms with Crippen LogP contribution < -0.4 is 0 Å². The Morgan fingerprint density at radius 1 is 0.707 bits per heavy atom. The molecule has 0 aromatic heterocycles. The molecule has 0 bridgehead atoms. The van der Waals surface area contributed by atoms with E-state index in [1.54, 1.807) is 6.08 Å². The molecule has 41 heavy (non-hydrogen) atoms. The third-order valence-corrected chi connectivity index (χ3v) is 8.62. The van der Waals surface area contributed by atoms with Crippen LogP contribution in [0.25, 0.3) is 0 Å². The smallest absolute Gasteiger partial charge is 0.0162 e. The lowest BCUT2D eigenvalue weighted by Crippen LogP contribution is -2.06. The van der Waals surface area contributed by atoms with E-state index in [9.17, 15) is 0 Å². The molecule has 1 aromatic carbocycles. The molecule has 3 rings (SSSR count). The summed E-state index contributed by atoms with van der Waals surface area (Å²) >= 11 is 0. The van der Waals surface area contributed by atoms with Crippen molar-refractivity contribution in [1.29, 1.82) is 0 Å². The molecule has 0 aliphatic heterocycles. The normalized spacial score (nSPS) is 17.0. The van der Waals surface area contributed by atoms with E-state index in [-0.39, 0.29) is 0 Å². The maximum absolute atomic E-state index is 4.33. The predicted octanol–water partition coefficient (Wildman–Crippen LogP) is 13.5. The third-order valence-electron chi connectivity index (χ3n) is 8.62. The fourth-order valence-corrected chi connectivity index (χ4v) is 5.32. The molecular weight excluding hydrogens is 492 g/mol. The van der Waals surface area contributed by atoms with E-state index < -0.39 is 0 Å². The average molecular weight is 559 g/mol. The zero-order valence-corrected chi connectivity index (χ0v) is 28.5. The molecule has 230 valence electrons. The zero-order valence-electron chi connectivity index (χ0n) is 28.5. The lowest BCUT2D eigenvalue weighted by molar-refractivity contribution is 0.404. The molecule has 1 unspecified atom stereocenters. The number of hydrogen-bond acceptors (Lipinski definition) is 0. The van der Waals surface area contributed by atoms with Gasteiger partial charge in [0.2, 0.25) is 0 Å². The summed E-state index contributed by atoms with van der Waals surface area (Å²) in [5.74, 6) is 2.77. The Hall–Kier alpha value is -2.34. The van der Waals surface area contributed by atoms with Crippen molar-refractivity contribution < 1.29 is 0 Å². The Kier molecular flexibility index (Phi) is 21.9. The van der Waals surface area contributed by atoms with E-state index in [0.717, 1.165) is 11.5 Å². The van der Waals surface area contributed by atoms with Crippen LogP contribution in [0.5, 0.6) is 0 Å². The Balaban J connectivity index is 0.000000651. The van der Waals surface area contributed by atoms with Crippen LogP contribution in [0.1, 0.15) is 123 Å². The molecule has 0 nitrogen and oxygen atoms in total. The first-order valence-corrected chi connectivity index (χ1v) is 16.5. The molecule has 1 aromatic rings. The molecule has 2 fully saturated rings. The van der Waals surface area contributed by atoms with Gasteiger partial charge in [0.05, 0.1) is 0 Å². The number of rotatable bonds is 7. The lowest BCUT2D eigenvalue weighted by atomic mass is 9.85. The minimum Gasteiger partial charge on any atom is -0.103 e.